The fourth-order valence-corrected chi connectivity index (χ4v) is 14.9. The third-order valence-electron chi connectivity index (χ3n) is 16.1. The van der Waals surface area contributed by atoms with E-state index in [2.05, 4.69) is 93.1 Å². The number of carbonyl (C=O) groups is 1. The Morgan fingerprint density at radius 1 is 1.09 bits per heavy atom. The van der Waals surface area contributed by atoms with Crippen molar-refractivity contribution >= 4 is 14.6 Å². The zero-order valence-electron chi connectivity index (χ0n) is 40.0. The van der Waals surface area contributed by atoms with E-state index < -0.39 is 49.9 Å². The van der Waals surface area contributed by atoms with Crippen LogP contribution in [-0.2, 0) is 23.3 Å². The van der Waals surface area contributed by atoms with E-state index in [0.717, 1.165) is 61.2 Å². The van der Waals surface area contributed by atoms with Gasteiger partial charge in [-0.2, -0.15) is 0 Å². The molecular weight excluding hydrogens is 830 g/mol. The fourth-order valence-electron chi connectivity index (χ4n) is 13.1. The lowest BCUT2D eigenvalue weighted by atomic mass is 9.51. The molecule has 64 heavy (non-hydrogen) atoms. The minimum absolute atomic E-state index is 0.0313. The van der Waals surface area contributed by atoms with Crippen molar-refractivity contribution in [2.45, 2.75) is 182 Å². The molecule has 1 amide bonds. The van der Waals surface area contributed by atoms with Crippen molar-refractivity contribution in [3.05, 3.63) is 55.7 Å². The quantitative estimate of drug-likeness (QED) is 0.0515. The zero-order valence-corrected chi connectivity index (χ0v) is 40.9. The summed E-state index contributed by atoms with van der Waals surface area (Å²) in [6.45, 7) is 28.1. The average molecular weight is 906 g/mol. The monoisotopic (exact) mass is 906 g/mol. The Morgan fingerprint density at radius 3 is 2.59 bits per heavy atom. The third kappa shape index (κ3) is 10.1. The molecule has 0 aromatic carbocycles. The van der Waals surface area contributed by atoms with E-state index in [1.54, 1.807) is 0 Å². The van der Waals surface area contributed by atoms with Crippen molar-refractivity contribution in [2.75, 3.05) is 26.3 Å². The number of nitrogens with one attached hydrogen (secondary N) is 2. The van der Waals surface area contributed by atoms with Crippen LogP contribution in [-0.4, -0.2) is 82.6 Å². The summed E-state index contributed by atoms with van der Waals surface area (Å²) in [6.07, 6.45) is 15.1. The Kier molecular flexibility index (Phi) is 15.9. The highest BCUT2D eigenvalue weighted by atomic mass is 31.2. The van der Waals surface area contributed by atoms with Gasteiger partial charge in [-0.15, -0.1) is 0 Å². The van der Waals surface area contributed by atoms with Crippen molar-refractivity contribution in [3.63, 3.8) is 0 Å². The van der Waals surface area contributed by atoms with Gasteiger partial charge < -0.3 is 33.4 Å². The minimum atomic E-state index is -1.61. The summed E-state index contributed by atoms with van der Waals surface area (Å²) >= 11 is 0. The van der Waals surface area contributed by atoms with Gasteiger partial charge in [-0.3, -0.25) is 14.3 Å². The molecule has 13 nitrogen and oxygen atoms in total. The van der Waals surface area contributed by atoms with Crippen LogP contribution in [0.15, 0.2) is 27.4 Å². The van der Waals surface area contributed by atoms with Crippen LogP contribution in [0.2, 0.25) is 0 Å². The minimum Gasteiger partial charge on any atom is -0.446 e. The molecule has 2 bridgehead atoms. The van der Waals surface area contributed by atoms with Crippen LogP contribution in [0.1, 0.15) is 151 Å². The van der Waals surface area contributed by atoms with E-state index in [4.69, 9.17) is 29.8 Å². The summed E-state index contributed by atoms with van der Waals surface area (Å²) in [5.41, 5.74) is -0.141. The topological polar surface area (TPSA) is 138 Å². The molecule has 3 saturated carbocycles. The lowest BCUT2D eigenvalue weighted by molar-refractivity contribution is -0.175. The number of carbonyl (C=O) groups excluding carboxylic acids is 1. The standard InChI is InChI=1S/C50H76N5O8P/c1-11-50-30-59-43(44(50)63-64(60-27-26-51-10)55(32(4)5)33(6)7)46(62-50)54-29-36(45(56)53-47(54)57)16-13-25-52-48(58)61-37-18-20-38-35(28-37)17-19-40-39(38)23-24-49(9)41(21-22-42(40)49)34(8)15-12-14-31(2)3/h17,29,31-34,37-44,46H,11-12,14-15,18-28,30H2,1-9H3,(H,52,58)(H,53,56,57)/t34?,37-,38-,39+,40+,41+,42-,43?,44-,46+,49+,50+,64?/m0/s1. The number of hydrogen-bond donors (Lipinski definition) is 2. The summed E-state index contributed by atoms with van der Waals surface area (Å²) in [7, 11) is -1.61. The van der Waals surface area contributed by atoms with Gasteiger partial charge in [-0.25, -0.2) is 20.8 Å². The first-order valence-corrected chi connectivity index (χ1v) is 25.7. The van der Waals surface area contributed by atoms with Crippen LogP contribution < -0.4 is 16.6 Å². The zero-order chi connectivity index (χ0) is 45.9. The highest BCUT2D eigenvalue weighted by Gasteiger charge is 2.63. The molecule has 1 aromatic rings. The molecule has 354 valence electrons. The molecule has 7 rings (SSSR count). The van der Waals surface area contributed by atoms with Crippen LogP contribution in [0.4, 0.5) is 4.79 Å². The first-order chi connectivity index (χ1) is 30.6. The maximum Gasteiger partial charge on any atom is 0.408 e. The summed E-state index contributed by atoms with van der Waals surface area (Å²) in [5, 5.41) is 2.75. The SMILES string of the molecule is [C-]#[N+]CCOP(O[C@H]1C2OC[C@@]1(CC)O[C@H]2n1cc(C#CCNC(=O)O[C@H]2CC[C@H]3C(=CC[C@@H]4[C@@H]3CC[C@]3(C)[C@@H](C(C)CCCC(C)C)CC[C@@H]43)C2)c(=O)[nH]c1=O)N(C(C)C)C(C)C. The Morgan fingerprint density at radius 2 is 1.88 bits per heavy atom. The van der Waals surface area contributed by atoms with Crippen molar-refractivity contribution in [3.8, 4) is 11.8 Å². The molecule has 3 unspecified atom stereocenters. The van der Waals surface area contributed by atoms with Gasteiger partial charge in [0.1, 0.15) is 36.1 Å². The smallest absolute Gasteiger partial charge is 0.408 e. The van der Waals surface area contributed by atoms with Crippen molar-refractivity contribution in [2.24, 2.45) is 46.8 Å². The highest BCUT2D eigenvalue weighted by molar-refractivity contribution is 7.44. The first-order valence-electron chi connectivity index (χ1n) is 24.6. The Labute approximate surface area is 383 Å². The highest BCUT2D eigenvalue weighted by Crippen LogP contribution is 2.65. The largest absolute Gasteiger partial charge is 0.446 e. The lowest BCUT2D eigenvalue weighted by Gasteiger charge is -2.54. The molecule has 0 radical (unpaired) electrons. The van der Waals surface area contributed by atoms with Gasteiger partial charge in [0, 0.05) is 24.7 Å². The second-order valence-corrected chi connectivity index (χ2v) is 22.4. The van der Waals surface area contributed by atoms with Crippen LogP contribution >= 0.6 is 8.53 Å². The molecule has 6 aliphatic rings. The molecular formula is C50H76N5O8P. The number of fused-ring (bicyclic) bond motifs is 7. The van der Waals surface area contributed by atoms with E-state index >= 15 is 0 Å². The maximum absolute atomic E-state index is 13.3. The van der Waals surface area contributed by atoms with Gasteiger partial charge in [0.05, 0.1) is 13.2 Å². The molecule has 13 atom stereocenters. The summed E-state index contributed by atoms with van der Waals surface area (Å²) < 4.78 is 35.2. The molecule has 3 heterocycles. The predicted molar refractivity (Wildman–Crippen MR) is 249 cm³/mol. The number of H-pyrrole nitrogens is 1. The predicted octanol–water partition coefficient (Wildman–Crippen LogP) is 9.38. The molecule has 0 spiro atoms. The van der Waals surface area contributed by atoms with Gasteiger partial charge in [-0.1, -0.05) is 77.4 Å². The van der Waals surface area contributed by atoms with Gasteiger partial charge in [0.2, 0.25) is 6.54 Å². The Hall–Kier alpha value is -3.03. The van der Waals surface area contributed by atoms with E-state index in [1.165, 1.54) is 61.3 Å². The van der Waals surface area contributed by atoms with Crippen LogP contribution in [0.3, 0.4) is 0 Å². The van der Waals surface area contributed by atoms with Crippen LogP contribution in [0.5, 0.6) is 0 Å². The second-order valence-electron chi connectivity index (χ2n) is 21.0. The normalized spacial score (nSPS) is 33.8. The Balaban J connectivity index is 0.936. The van der Waals surface area contributed by atoms with E-state index in [9.17, 15) is 14.4 Å². The van der Waals surface area contributed by atoms with E-state index in [-0.39, 0.29) is 50.1 Å². The second kappa shape index (κ2) is 20.9. The molecule has 1 aromatic heterocycles. The maximum atomic E-state index is 13.3. The molecule has 4 aliphatic carbocycles. The summed E-state index contributed by atoms with van der Waals surface area (Å²) in [5.74, 6) is 11.1. The van der Waals surface area contributed by atoms with Gasteiger partial charge >= 0.3 is 11.8 Å². The van der Waals surface area contributed by atoms with E-state index in [1.807, 2.05) is 6.92 Å². The van der Waals surface area contributed by atoms with Crippen molar-refractivity contribution in [1.29, 1.82) is 0 Å². The number of ether oxygens (including phenoxy) is 3. The molecule has 14 heteroatoms. The van der Waals surface area contributed by atoms with Crippen LogP contribution in [0, 0.1) is 65.3 Å². The number of aromatic nitrogens is 2. The lowest BCUT2D eigenvalue weighted by Crippen LogP contribution is -2.47. The number of allylic oxidation sites excluding steroid dienone is 1. The number of alkyl carbamates (subject to hydrolysis) is 1. The van der Waals surface area contributed by atoms with Crippen LogP contribution in [0.25, 0.3) is 4.85 Å². The van der Waals surface area contributed by atoms with Gasteiger partial charge in [0.25, 0.3) is 14.1 Å². The van der Waals surface area contributed by atoms with Crippen molar-refractivity contribution in [1.82, 2.24) is 19.5 Å². The van der Waals surface area contributed by atoms with Gasteiger partial charge in [-0.05, 0) is 126 Å². The third-order valence-corrected chi connectivity index (χ3v) is 18.2. The Bertz CT molecular complexity index is 2040. The molecule has 2 saturated heterocycles. The van der Waals surface area contributed by atoms with Crippen molar-refractivity contribution < 1.29 is 28.1 Å². The number of aromatic amines is 1. The molecule has 2 N–H and O–H groups in total. The fraction of sp³-hybridized carbons (Fsp3) is 0.800. The number of nitrogens with zero attached hydrogens (tertiary/aromatic N) is 3. The first kappa shape index (κ1) is 48.9. The molecule has 5 fully saturated rings. The van der Waals surface area contributed by atoms with Gasteiger partial charge in [0.15, 0.2) is 6.23 Å². The summed E-state index contributed by atoms with van der Waals surface area (Å²) in [4.78, 5) is 45.1. The number of amides is 1. The number of rotatable bonds is 17. The average Bonchev–Trinajstić information content (AvgIpc) is 3.89. The summed E-state index contributed by atoms with van der Waals surface area (Å²) in [6, 6.07) is 0.198. The molecule has 2 aliphatic heterocycles. The number of hydrogen-bond acceptors (Lipinski definition) is 9. The van der Waals surface area contributed by atoms with E-state index in [0.29, 0.717) is 17.8 Å².